The summed E-state index contributed by atoms with van der Waals surface area (Å²) in [6.07, 6.45) is 6.54. The third kappa shape index (κ3) is 5.04. The normalized spacial score (nSPS) is 34.4. The van der Waals surface area contributed by atoms with Gasteiger partial charge in [0.25, 0.3) is 0 Å². The number of likely N-dealkylation sites (tertiary alicyclic amines) is 1. The number of hydrogen-bond donors (Lipinski definition) is 1. The third-order valence-electron chi connectivity index (χ3n) is 9.14. The van der Waals surface area contributed by atoms with Gasteiger partial charge >= 0.3 is 5.97 Å². The second-order valence-corrected chi connectivity index (χ2v) is 11.9. The molecule has 3 amide bonds. The highest BCUT2D eigenvalue weighted by atomic mass is 16.6. The highest BCUT2D eigenvalue weighted by molar-refractivity contribution is 5.99. The molecule has 4 aliphatic heterocycles. The van der Waals surface area contributed by atoms with Crippen LogP contribution >= 0.6 is 0 Å². The molecule has 0 aliphatic carbocycles. The maximum Gasteiger partial charge on any atom is 0.313 e. The molecular weight excluding hydrogens is 538 g/mol. The van der Waals surface area contributed by atoms with Crippen LogP contribution in [-0.4, -0.2) is 100 Å². The molecule has 5 rings (SSSR count). The summed E-state index contributed by atoms with van der Waals surface area (Å²) < 4.78 is 12.9. The zero-order valence-electron chi connectivity index (χ0n) is 24.7. The van der Waals surface area contributed by atoms with Crippen molar-refractivity contribution in [3.63, 3.8) is 0 Å². The van der Waals surface area contributed by atoms with Crippen LogP contribution in [0.2, 0.25) is 0 Å². The number of amides is 3. The van der Waals surface area contributed by atoms with Gasteiger partial charge in [-0.05, 0) is 39.2 Å². The molecule has 0 unspecified atom stereocenters. The summed E-state index contributed by atoms with van der Waals surface area (Å²) in [5.74, 6) is -3.32. The monoisotopic (exact) mass is 579 g/mol. The smallest absolute Gasteiger partial charge is 0.313 e. The van der Waals surface area contributed by atoms with Crippen molar-refractivity contribution in [1.82, 2.24) is 14.7 Å². The van der Waals surface area contributed by atoms with Crippen molar-refractivity contribution in [3.05, 3.63) is 60.2 Å². The number of fused-ring (bicyclic) bond motifs is 2. The van der Waals surface area contributed by atoms with E-state index < -0.39 is 47.7 Å². The lowest BCUT2D eigenvalue weighted by molar-refractivity contribution is -0.164. The van der Waals surface area contributed by atoms with Crippen molar-refractivity contribution in [2.75, 3.05) is 26.7 Å². The summed E-state index contributed by atoms with van der Waals surface area (Å²) in [6.45, 7) is 6.04. The summed E-state index contributed by atoms with van der Waals surface area (Å²) in [6, 6.07) is 7.68. The zero-order chi connectivity index (χ0) is 30.2. The predicted octanol–water partition coefficient (Wildman–Crippen LogP) is 2.24. The highest BCUT2D eigenvalue weighted by Crippen LogP contribution is 2.53. The topological polar surface area (TPSA) is 117 Å². The molecule has 7 atom stereocenters. The highest BCUT2D eigenvalue weighted by Gasteiger charge is 2.71. The Labute approximate surface area is 246 Å². The van der Waals surface area contributed by atoms with Gasteiger partial charge in [0.1, 0.15) is 23.7 Å². The van der Waals surface area contributed by atoms with Crippen LogP contribution < -0.4 is 0 Å². The lowest BCUT2D eigenvalue weighted by Gasteiger charge is -2.36. The van der Waals surface area contributed by atoms with Gasteiger partial charge in [0.05, 0.1) is 18.1 Å². The van der Waals surface area contributed by atoms with E-state index >= 15 is 0 Å². The summed E-state index contributed by atoms with van der Waals surface area (Å²) in [4.78, 5) is 60.4. The molecule has 1 aromatic carbocycles. The number of rotatable bonds is 5. The standard InChI is InChI=1S/C32H41N3O7/c1-20(2)34-17-10-16-32-26(29(38)35(18-11-19-36)28(32)30(34)39)25-23(42-32)14-8-9-15-24(37)33(4)21(3)27(41-31(25)40)22-12-6-5-7-13-22/h5-8,10,12-14,16,20-21,23,25-28,36H,9,11,15,17-19H2,1-4H3/b14-8-/t21-,23-,25+,26+,27+,28-,32+/m0/s1. The van der Waals surface area contributed by atoms with E-state index in [0.717, 1.165) is 5.56 Å². The number of cyclic esters (lactones) is 1. The first-order valence-electron chi connectivity index (χ1n) is 14.9. The van der Waals surface area contributed by atoms with E-state index in [1.54, 1.807) is 35.1 Å². The van der Waals surface area contributed by atoms with E-state index in [1.807, 2.05) is 57.2 Å². The fourth-order valence-corrected chi connectivity index (χ4v) is 6.85. The third-order valence-corrected chi connectivity index (χ3v) is 9.14. The molecule has 10 heteroatoms. The minimum Gasteiger partial charge on any atom is -0.455 e. The molecule has 10 nitrogen and oxygen atoms in total. The number of likely N-dealkylation sites (N-methyl/N-ethyl adjacent to an activating group) is 1. The van der Waals surface area contributed by atoms with Gasteiger partial charge in [0, 0.05) is 39.2 Å². The number of benzene rings is 1. The Morgan fingerprint density at radius 3 is 2.50 bits per heavy atom. The summed E-state index contributed by atoms with van der Waals surface area (Å²) in [7, 11) is 1.70. The summed E-state index contributed by atoms with van der Waals surface area (Å²) in [5.41, 5.74) is -0.653. The second kappa shape index (κ2) is 12.0. The van der Waals surface area contributed by atoms with Crippen LogP contribution in [0.25, 0.3) is 0 Å². The number of carbonyl (C=O) groups is 4. The van der Waals surface area contributed by atoms with Crippen LogP contribution in [0.4, 0.5) is 0 Å². The SMILES string of the molecule is CC(C)N1CC=C[C@@]23O[C@H]4/C=C\CCC(=O)N(C)[C@@H](C)[C@H](c5ccccc5)OC(=O)[C@H]4[C@@H]2C(=O)N(CCCO)[C@H]3C1=O. The quantitative estimate of drug-likeness (QED) is 0.420. The largest absolute Gasteiger partial charge is 0.455 e. The van der Waals surface area contributed by atoms with Crippen LogP contribution in [0.3, 0.4) is 0 Å². The van der Waals surface area contributed by atoms with Crippen molar-refractivity contribution in [1.29, 1.82) is 0 Å². The lowest BCUT2D eigenvalue weighted by atomic mass is 9.77. The van der Waals surface area contributed by atoms with Crippen molar-refractivity contribution in [2.45, 2.75) is 76.0 Å². The Morgan fingerprint density at radius 2 is 1.81 bits per heavy atom. The summed E-state index contributed by atoms with van der Waals surface area (Å²) >= 11 is 0. The van der Waals surface area contributed by atoms with Crippen LogP contribution in [0, 0.1) is 11.8 Å². The molecule has 226 valence electrons. The molecule has 4 heterocycles. The molecule has 0 bridgehead atoms. The van der Waals surface area contributed by atoms with Crippen molar-refractivity contribution in [3.8, 4) is 0 Å². The van der Waals surface area contributed by atoms with E-state index in [-0.39, 0.29) is 49.8 Å². The summed E-state index contributed by atoms with van der Waals surface area (Å²) in [5, 5.41) is 9.59. The fraction of sp³-hybridized carbons (Fsp3) is 0.562. The van der Waals surface area contributed by atoms with Gasteiger partial charge in [-0.25, -0.2) is 0 Å². The number of allylic oxidation sites excluding steroid dienone is 1. The van der Waals surface area contributed by atoms with Gasteiger partial charge in [-0.1, -0.05) is 54.6 Å². The molecule has 2 fully saturated rings. The molecule has 0 radical (unpaired) electrons. The second-order valence-electron chi connectivity index (χ2n) is 11.9. The minimum absolute atomic E-state index is 0.0788. The lowest BCUT2D eigenvalue weighted by Crippen LogP contribution is -2.56. The average molecular weight is 580 g/mol. The van der Waals surface area contributed by atoms with Gasteiger partial charge in [0.15, 0.2) is 0 Å². The predicted molar refractivity (Wildman–Crippen MR) is 154 cm³/mol. The van der Waals surface area contributed by atoms with Crippen LogP contribution in [0.5, 0.6) is 0 Å². The maximum atomic E-state index is 14.3. The van der Waals surface area contributed by atoms with Crippen molar-refractivity contribution >= 4 is 23.7 Å². The molecule has 0 saturated carbocycles. The molecule has 1 spiro atoms. The van der Waals surface area contributed by atoms with Gasteiger partial charge in [-0.15, -0.1) is 0 Å². The Morgan fingerprint density at radius 1 is 1.07 bits per heavy atom. The van der Waals surface area contributed by atoms with Crippen LogP contribution in [-0.2, 0) is 28.7 Å². The molecule has 42 heavy (non-hydrogen) atoms. The fourth-order valence-electron chi connectivity index (χ4n) is 6.85. The van der Waals surface area contributed by atoms with E-state index in [9.17, 15) is 24.3 Å². The van der Waals surface area contributed by atoms with E-state index in [1.165, 1.54) is 4.90 Å². The molecule has 2 saturated heterocycles. The maximum absolute atomic E-state index is 14.3. The number of aliphatic hydroxyl groups is 1. The Bertz CT molecular complexity index is 1260. The number of carbonyl (C=O) groups excluding carboxylic acids is 4. The first-order chi connectivity index (χ1) is 20.1. The van der Waals surface area contributed by atoms with E-state index in [4.69, 9.17) is 9.47 Å². The first kappa shape index (κ1) is 30.0. The number of aliphatic hydroxyl groups excluding tert-OH is 1. The number of hydrogen-bond acceptors (Lipinski definition) is 7. The molecule has 0 aromatic heterocycles. The molecule has 4 aliphatic rings. The number of esters is 1. The number of ether oxygens (including phenoxy) is 2. The van der Waals surface area contributed by atoms with Gasteiger partial charge < -0.3 is 29.3 Å². The van der Waals surface area contributed by atoms with Crippen molar-refractivity contribution in [2.24, 2.45) is 11.8 Å². The van der Waals surface area contributed by atoms with E-state index in [2.05, 4.69) is 0 Å². The average Bonchev–Trinajstić information content (AvgIpc) is 3.35. The van der Waals surface area contributed by atoms with Crippen molar-refractivity contribution < 1.29 is 33.8 Å². The van der Waals surface area contributed by atoms with Gasteiger partial charge in [-0.3, -0.25) is 19.2 Å². The first-order valence-corrected chi connectivity index (χ1v) is 14.9. The van der Waals surface area contributed by atoms with E-state index in [0.29, 0.717) is 13.0 Å². The zero-order valence-corrected chi connectivity index (χ0v) is 24.7. The van der Waals surface area contributed by atoms with Crippen LogP contribution in [0.1, 0.15) is 51.7 Å². The Hall–Kier alpha value is -3.50. The molecule has 1 N–H and O–H groups in total. The number of nitrogens with zero attached hydrogens (tertiary/aromatic N) is 3. The van der Waals surface area contributed by atoms with Crippen LogP contribution in [0.15, 0.2) is 54.6 Å². The minimum atomic E-state index is -1.38. The van der Waals surface area contributed by atoms with Gasteiger partial charge in [-0.2, -0.15) is 0 Å². The molecule has 1 aromatic rings. The Kier molecular flexibility index (Phi) is 8.57. The Balaban J connectivity index is 1.61. The molecular formula is C32H41N3O7. The van der Waals surface area contributed by atoms with Gasteiger partial charge in [0.2, 0.25) is 17.7 Å².